The number of ether oxygens (including phenoxy) is 6. The van der Waals surface area contributed by atoms with Crippen molar-refractivity contribution >= 4 is 17.9 Å². The van der Waals surface area contributed by atoms with Gasteiger partial charge in [-0.05, 0) is 122 Å². The molecule has 0 aromatic carbocycles. The fourth-order valence-electron chi connectivity index (χ4n) is 8.20. The van der Waals surface area contributed by atoms with Crippen molar-refractivity contribution in [1.82, 2.24) is 0 Å². The molecule has 0 bridgehead atoms. The van der Waals surface area contributed by atoms with Crippen molar-refractivity contribution in [2.45, 2.75) is 270 Å². The first-order valence-electron chi connectivity index (χ1n) is 26.1. The first kappa shape index (κ1) is 94.1. The molecule has 0 rings (SSSR count). The largest absolute Gasteiger partial charge is 1.00 e. The van der Waals surface area contributed by atoms with Crippen molar-refractivity contribution in [2.24, 2.45) is 32.5 Å². The summed E-state index contributed by atoms with van der Waals surface area (Å²) in [5.74, 6) is -2.49. The van der Waals surface area contributed by atoms with Crippen LogP contribution in [0.15, 0.2) is 0 Å². The summed E-state index contributed by atoms with van der Waals surface area (Å²) in [6, 6.07) is 0. The predicted octanol–water partition coefficient (Wildman–Crippen LogP) is 4.47. The van der Waals surface area contributed by atoms with Gasteiger partial charge < -0.3 is 105 Å². The number of hydrogen-bond donors (Lipinski definition) is 15. The second kappa shape index (κ2) is 44.2. The first-order chi connectivity index (χ1) is 35.2. The number of rotatable bonds is 31. The van der Waals surface area contributed by atoms with E-state index in [2.05, 4.69) is 0 Å². The molecule has 0 aliphatic heterocycles. The lowest BCUT2D eigenvalue weighted by molar-refractivity contribution is -0.242. The summed E-state index contributed by atoms with van der Waals surface area (Å²) in [7, 11) is 8.77. The quantitative estimate of drug-likeness (QED) is 0.0426. The summed E-state index contributed by atoms with van der Waals surface area (Å²) in [6.07, 6.45) is -11.7. The van der Waals surface area contributed by atoms with Gasteiger partial charge in [0.25, 0.3) is 0 Å². The van der Waals surface area contributed by atoms with Crippen molar-refractivity contribution in [3.8, 4) is 0 Å². The SMILES string of the molecule is C.C.CC(O)C(O)C(O)C(C)O.CC(O)C(O)C(O)C(C)O.CCC(C)(CC(C)(C)C(=O)O)C(OC)OC.CCC(C)(CC(C)(C)C(=O)O)C(OC)OC.CCC(C)(CC(C)(C)C(=O)O)C(OC)OC(C)C(O)C(O)C(C)O.CO.[H+].[H+]. The molecule has 490 valence electrons. The number of aliphatic hydroxyl groups excluding tert-OH is 12. The number of carboxylic acid groups (broad SMARTS) is 3. The number of carbonyl (C=O) groups is 3. The molecule has 16 atom stereocenters. The maximum absolute atomic E-state index is 11.4. The third-order valence-electron chi connectivity index (χ3n) is 13.8. The first-order valence-corrected chi connectivity index (χ1v) is 26.1. The van der Waals surface area contributed by atoms with Gasteiger partial charge in [0, 0.05) is 58.9 Å². The fourth-order valence-corrected chi connectivity index (χ4v) is 8.20. The van der Waals surface area contributed by atoms with Crippen molar-refractivity contribution in [2.75, 3.05) is 42.7 Å². The summed E-state index contributed by atoms with van der Waals surface area (Å²) in [5, 5.41) is 134. The van der Waals surface area contributed by atoms with Crippen LogP contribution in [0, 0.1) is 32.5 Å². The van der Waals surface area contributed by atoms with Crippen molar-refractivity contribution in [3.05, 3.63) is 0 Å². The Morgan fingerprint density at radius 2 is 0.525 bits per heavy atom. The van der Waals surface area contributed by atoms with Gasteiger partial charge in [0.05, 0.1) is 52.9 Å². The third kappa shape index (κ3) is 34.5. The van der Waals surface area contributed by atoms with E-state index >= 15 is 0 Å². The number of carboxylic acids is 3. The molecule has 0 aliphatic rings. The van der Waals surface area contributed by atoms with Gasteiger partial charge in [0.1, 0.15) is 36.6 Å². The van der Waals surface area contributed by atoms with Crippen LogP contribution in [0.25, 0.3) is 0 Å². The molecule has 0 saturated carbocycles. The minimum Gasteiger partial charge on any atom is -0.481 e. The zero-order valence-electron chi connectivity index (χ0n) is 53.8. The number of aliphatic carboxylic acids is 3. The van der Waals surface area contributed by atoms with Gasteiger partial charge in [-0.15, -0.1) is 0 Å². The van der Waals surface area contributed by atoms with E-state index in [1.165, 1.54) is 41.7 Å². The zero-order valence-corrected chi connectivity index (χ0v) is 51.8. The Hall–Kier alpha value is -2.31. The lowest BCUT2D eigenvalue weighted by Gasteiger charge is -2.41. The number of hydrogen-bond acceptors (Lipinski definition) is 21. The Morgan fingerprint density at radius 1 is 0.362 bits per heavy atom. The Balaban J connectivity index is -0.000000100. The summed E-state index contributed by atoms with van der Waals surface area (Å²) in [4.78, 5) is 33.7. The van der Waals surface area contributed by atoms with E-state index in [0.29, 0.717) is 25.7 Å². The molecule has 80 heavy (non-hydrogen) atoms. The highest BCUT2D eigenvalue weighted by molar-refractivity contribution is 5.74. The van der Waals surface area contributed by atoms with Crippen molar-refractivity contribution in [1.29, 1.82) is 0 Å². The molecule has 0 spiro atoms. The molecule has 0 fully saturated rings. The van der Waals surface area contributed by atoms with E-state index in [-0.39, 0.29) is 41.1 Å². The normalized spacial score (nSPS) is 18.8. The highest BCUT2D eigenvalue weighted by Crippen LogP contribution is 2.43. The standard InChI is InChI=1S/C17H34O7.2C12H24O4.2C6H14O4.CH4O.2CH4/c1-8-17(6,9-16(4,5)14(21)22)15(23-7)24-11(3)13(20)12(19)10(2)18;2*1-7-12(4,10(15-5)16-6)8-11(2,3)9(13)14;2*1-3(7)5(9)6(10)4(2)8;1-2;;/h10-13,15,18-20H,8-9H2,1-7H3,(H,21,22);2*10H,7-8H2,1-6H3,(H,13,14);2*3-10H,1-2H3;2H,1H3;2*1H4/p+2. The summed E-state index contributed by atoms with van der Waals surface area (Å²) in [6.45, 7) is 30.3. The molecule has 0 heterocycles. The summed E-state index contributed by atoms with van der Waals surface area (Å²) in [5.41, 5.74) is -3.73. The molecule has 0 saturated heterocycles. The van der Waals surface area contributed by atoms with E-state index in [0.717, 1.165) is 20.0 Å². The predicted molar refractivity (Wildman–Crippen MR) is 309 cm³/mol. The fraction of sp³-hybridized carbons (Fsp3) is 0.946. The van der Waals surface area contributed by atoms with Crippen LogP contribution in [-0.4, -0.2) is 229 Å². The lowest BCUT2D eigenvalue weighted by Crippen LogP contribution is -2.48. The number of aliphatic hydroxyl groups is 12. The molecule has 0 radical (unpaired) electrons. The van der Waals surface area contributed by atoms with E-state index in [4.69, 9.17) is 84.6 Å². The van der Waals surface area contributed by atoms with E-state index in [1.54, 1.807) is 76.9 Å². The molecule has 15 N–H and O–H groups in total. The van der Waals surface area contributed by atoms with Crippen molar-refractivity contribution in [3.63, 3.8) is 0 Å². The molecular formula is C56H124O24+2. The summed E-state index contributed by atoms with van der Waals surface area (Å²) >= 11 is 0. The monoisotopic (exact) mass is 1180 g/mol. The van der Waals surface area contributed by atoms with Crippen LogP contribution >= 0.6 is 0 Å². The maximum atomic E-state index is 11.4. The zero-order chi connectivity index (χ0) is 63.9. The van der Waals surface area contributed by atoms with E-state index in [1.807, 2.05) is 41.5 Å². The molecule has 24 heteroatoms. The van der Waals surface area contributed by atoms with Gasteiger partial charge in [-0.1, -0.05) is 56.4 Å². The highest BCUT2D eigenvalue weighted by atomic mass is 16.7. The van der Waals surface area contributed by atoms with Crippen LogP contribution in [-0.2, 0) is 42.8 Å². The lowest BCUT2D eigenvalue weighted by atomic mass is 9.72. The van der Waals surface area contributed by atoms with Gasteiger partial charge in [-0.3, -0.25) is 14.4 Å². The Labute approximate surface area is 484 Å². The molecule has 0 aliphatic carbocycles. The van der Waals surface area contributed by atoms with Gasteiger partial charge in [0.2, 0.25) is 0 Å². The Kier molecular flexibility index (Phi) is 52.0. The molecule has 24 nitrogen and oxygen atoms in total. The van der Waals surface area contributed by atoms with Gasteiger partial charge in [-0.25, -0.2) is 0 Å². The molecule has 0 amide bonds. The Bertz CT molecular complexity index is 1450. The second-order valence-corrected chi connectivity index (χ2v) is 22.8. The average molecular weight is 1180 g/mol. The average Bonchev–Trinajstić information content (AvgIpc) is 3.35. The van der Waals surface area contributed by atoms with E-state index in [9.17, 15) is 34.8 Å². The molecule has 0 aromatic heterocycles. The van der Waals surface area contributed by atoms with Crippen molar-refractivity contribution < 1.29 is 122 Å². The van der Waals surface area contributed by atoms with Crippen LogP contribution in [0.2, 0.25) is 0 Å². The minimum absolute atomic E-state index is 0. The summed E-state index contributed by atoms with van der Waals surface area (Å²) < 4.78 is 32.3. The topological polar surface area (TPSA) is 410 Å². The molecular weight excluding hydrogens is 1060 g/mol. The minimum atomic E-state index is -1.35. The number of methoxy groups -OCH3 is 5. The van der Waals surface area contributed by atoms with Crippen LogP contribution in [0.4, 0.5) is 0 Å². The van der Waals surface area contributed by atoms with Crippen LogP contribution < -0.4 is 0 Å². The molecule has 16 unspecified atom stereocenters. The maximum Gasteiger partial charge on any atom is 1.00 e. The van der Waals surface area contributed by atoms with E-state index < -0.39 is 119 Å². The highest BCUT2D eigenvalue weighted by Gasteiger charge is 2.45. The van der Waals surface area contributed by atoms with Crippen LogP contribution in [0.5, 0.6) is 0 Å². The second-order valence-electron chi connectivity index (χ2n) is 22.8. The van der Waals surface area contributed by atoms with Gasteiger partial charge >= 0.3 is 20.8 Å². The van der Waals surface area contributed by atoms with Gasteiger partial charge in [-0.2, -0.15) is 0 Å². The third-order valence-corrected chi connectivity index (χ3v) is 13.8. The molecule has 0 aromatic rings. The van der Waals surface area contributed by atoms with Crippen LogP contribution in [0.1, 0.15) is 181 Å². The Morgan fingerprint density at radius 3 is 0.662 bits per heavy atom. The smallest absolute Gasteiger partial charge is 0.481 e. The van der Waals surface area contributed by atoms with Gasteiger partial charge in [0.15, 0.2) is 18.9 Å². The van der Waals surface area contributed by atoms with Crippen LogP contribution in [0.3, 0.4) is 0 Å².